The van der Waals surface area contributed by atoms with Gasteiger partial charge in [0.15, 0.2) is 5.65 Å². The van der Waals surface area contributed by atoms with Crippen molar-refractivity contribution in [1.82, 2.24) is 19.5 Å². The molecular weight excluding hydrogens is 529 g/mol. The number of imidazole rings is 1. The molecule has 0 bridgehead atoms. The molecule has 0 aromatic carbocycles. The van der Waals surface area contributed by atoms with Gasteiger partial charge in [-0.15, -0.1) is 0 Å². The summed E-state index contributed by atoms with van der Waals surface area (Å²) < 4.78 is 42.8. The molecule has 2 aromatic rings. The van der Waals surface area contributed by atoms with Crippen molar-refractivity contribution in [3.05, 3.63) is 12.5 Å². The topological polar surface area (TPSA) is 167 Å². The Bertz CT molecular complexity index is 1190. The third-order valence-corrected chi connectivity index (χ3v) is 7.68. The lowest BCUT2D eigenvalue weighted by atomic mass is 9.98. The van der Waals surface area contributed by atoms with E-state index in [9.17, 15) is 14.2 Å². The van der Waals surface area contributed by atoms with E-state index in [-0.39, 0.29) is 11.9 Å². The van der Waals surface area contributed by atoms with Crippen LogP contribution in [0.3, 0.4) is 0 Å². The van der Waals surface area contributed by atoms with Crippen LogP contribution in [0.1, 0.15) is 67.7 Å². The highest BCUT2D eigenvalue weighted by Gasteiger charge is 2.56. The van der Waals surface area contributed by atoms with Crippen molar-refractivity contribution in [1.29, 1.82) is 0 Å². The molecule has 1 saturated carbocycles. The Morgan fingerprint density at radius 1 is 1.08 bits per heavy atom. The van der Waals surface area contributed by atoms with Crippen LogP contribution in [0.5, 0.6) is 0 Å². The van der Waals surface area contributed by atoms with E-state index in [4.69, 9.17) is 29.0 Å². The van der Waals surface area contributed by atoms with Gasteiger partial charge < -0.3 is 24.5 Å². The number of anilines is 1. The van der Waals surface area contributed by atoms with Gasteiger partial charge in [-0.3, -0.25) is 23.2 Å². The number of ether oxygens (including phenoxy) is 3. The number of carbonyl (C=O) groups excluding carboxylic acids is 2. The quantitative estimate of drug-likeness (QED) is 0.207. The van der Waals surface area contributed by atoms with Gasteiger partial charge in [0, 0.05) is 0 Å². The summed E-state index contributed by atoms with van der Waals surface area (Å²) in [6.07, 6.45) is 5.27. The Labute approximate surface area is 228 Å². The lowest BCUT2D eigenvalue weighted by Crippen LogP contribution is -2.27. The Hall–Kier alpha value is -2.60. The maximum absolute atomic E-state index is 13.7. The fraction of sp³-hybridized carbons (Fsp3) is 0.720. The Morgan fingerprint density at radius 2 is 1.67 bits per heavy atom. The molecule has 0 aliphatic heterocycles. The van der Waals surface area contributed by atoms with Crippen LogP contribution in [-0.4, -0.2) is 57.0 Å². The fourth-order valence-electron chi connectivity index (χ4n) is 3.83. The molecular formula is C25H40N5O8P. The molecule has 0 saturated heterocycles. The molecule has 1 fully saturated rings. The van der Waals surface area contributed by atoms with E-state index in [0.29, 0.717) is 24.1 Å². The van der Waals surface area contributed by atoms with Crippen molar-refractivity contribution in [2.24, 2.45) is 16.7 Å². The average molecular weight is 570 g/mol. The highest BCUT2D eigenvalue weighted by Crippen LogP contribution is 2.56. The van der Waals surface area contributed by atoms with Crippen molar-refractivity contribution in [3.63, 3.8) is 0 Å². The first-order valence-electron chi connectivity index (χ1n) is 12.9. The van der Waals surface area contributed by atoms with Gasteiger partial charge in [0.1, 0.15) is 11.9 Å². The molecule has 218 valence electrons. The Kier molecular flexibility index (Phi) is 9.42. The van der Waals surface area contributed by atoms with Crippen LogP contribution in [0.15, 0.2) is 12.5 Å². The molecule has 0 radical (unpaired) electrons. The van der Waals surface area contributed by atoms with Gasteiger partial charge in [-0.25, -0.2) is 9.97 Å². The van der Waals surface area contributed by atoms with Crippen molar-refractivity contribution in [2.45, 2.75) is 79.9 Å². The van der Waals surface area contributed by atoms with Crippen LogP contribution in [0.25, 0.3) is 11.2 Å². The van der Waals surface area contributed by atoms with Crippen LogP contribution in [0.4, 0.5) is 5.95 Å². The lowest BCUT2D eigenvalue weighted by Gasteiger charge is -2.25. The number of fused-ring (bicyclic) bond motifs is 1. The van der Waals surface area contributed by atoms with Crippen LogP contribution in [0.2, 0.25) is 0 Å². The molecule has 2 heterocycles. The first kappa shape index (κ1) is 30.9. The minimum absolute atomic E-state index is 0.126. The van der Waals surface area contributed by atoms with Gasteiger partial charge in [0.25, 0.3) is 0 Å². The summed E-state index contributed by atoms with van der Waals surface area (Å²) in [5.41, 5.74) is 4.68. The van der Waals surface area contributed by atoms with Crippen LogP contribution in [0, 0.1) is 16.7 Å². The molecule has 1 aliphatic carbocycles. The number of hydrogen-bond donors (Lipinski definition) is 1. The number of nitrogen functional groups attached to an aromatic ring is 1. The van der Waals surface area contributed by atoms with Gasteiger partial charge >= 0.3 is 19.5 Å². The summed E-state index contributed by atoms with van der Waals surface area (Å²) in [6.45, 7) is 11.3. The Balaban J connectivity index is 1.74. The van der Waals surface area contributed by atoms with E-state index in [0.717, 1.165) is 12.8 Å². The fourth-order valence-corrected chi connectivity index (χ4v) is 4.90. The summed E-state index contributed by atoms with van der Waals surface area (Å²) in [6, 6.07) is 0. The summed E-state index contributed by atoms with van der Waals surface area (Å²) >= 11 is 0. The van der Waals surface area contributed by atoms with Crippen LogP contribution >= 0.6 is 7.60 Å². The summed E-state index contributed by atoms with van der Waals surface area (Å²) in [4.78, 5) is 36.9. The van der Waals surface area contributed by atoms with Gasteiger partial charge in [-0.2, -0.15) is 4.98 Å². The second kappa shape index (κ2) is 11.9. The minimum Gasteiger partial charge on any atom is -0.438 e. The molecule has 2 aromatic heterocycles. The molecule has 2 unspecified atom stereocenters. The number of nitrogens with two attached hydrogens (primary N) is 1. The number of hydrogen-bond acceptors (Lipinski definition) is 12. The molecule has 3 rings (SSSR count). The second-order valence-corrected chi connectivity index (χ2v) is 13.8. The van der Waals surface area contributed by atoms with Crippen molar-refractivity contribution in [2.75, 3.05) is 25.7 Å². The molecule has 14 heteroatoms. The number of nitrogens with zero attached hydrogens (tertiary/aromatic N) is 4. The van der Waals surface area contributed by atoms with Crippen LogP contribution < -0.4 is 5.73 Å². The largest absolute Gasteiger partial charge is 0.438 e. The number of esters is 2. The van der Waals surface area contributed by atoms with Gasteiger partial charge in [0.2, 0.25) is 19.5 Å². The van der Waals surface area contributed by atoms with Gasteiger partial charge in [0.05, 0.1) is 35.5 Å². The van der Waals surface area contributed by atoms with E-state index in [2.05, 4.69) is 21.9 Å². The lowest BCUT2D eigenvalue weighted by molar-refractivity contribution is -0.162. The normalized spacial score (nSPS) is 19.7. The number of aromatic nitrogens is 4. The summed E-state index contributed by atoms with van der Waals surface area (Å²) in [5, 5.41) is 0. The zero-order valence-electron chi connectivity index (χ0n) is 23.8. The maximum atomic E-state index is 13.7. The Morgan fingerprint density at radius 3 is 2.21 bits per heavy atom. The van der Waals surface area contributed by atoms with E-state index in [1.807, 2.05) is 4.57 Å². The van der Waals surface area contributed by atoms with Gasteiger partial charge in [-0.05, 0) is 60.3 Å². The predicted octanol–water partition coefficient (Wildman–Crippen LogP) is 4.26. The summed E-state index contributed by atoms with van der Waals surface area (Å²) in [7, 11) is -4.03. The first-order valence-corrected chi connectivity index (χ1v) is 14.6. The molecule has 2 N–H and O–H groups in total. The molecule has 39 heavy (non-hydrogen) atoms. The second-order valence-electron chi connectivity index (χ2n) is 11.8. The zero-order valence-corrected chi connectivity index (χ0v) is 24.7. The van der Waals surface area contributed by atoms with Crippen molar-refractivity contribution >= 4 is 36.6 Å². The SMILES string of the molecule is CCCC1CC1(Cn1cnc2cnc(N)nc21)OCP(=O)(OCOC(=O)C(C)(C)C)OCOC(=O)C(C)(C)C. The van der Waals surface area contributed by atoms with Crippen LogP contribution in [-0.2, 0) is 44.0 Å². The average Bonchev–Trinajstić information content (AvgIpc) is 3.36. The van der Waals surface area contributed by atoms with Gasteiger partial charge in [-0.1, -0.05) is 13.3 Å². The summed E-state index contributed by atoms with van der Waals surface area (Å²) in [5.74, 6) is -0.765. The smallest absolute Gasteiger partial charge is 0.361 e. The third-order valence-electron chi connectivity index (χ3n) is 6.24. The highest BCUT2D eigenvalue weighted by molar-refractivity contribution is 7.53. The minimum atomic E-state index is -4.03. The molecule has 2 atom stereocenters. The molecule has 13 nitrogen and oxygen atoms in total. The number of carbonyl (C=O) groups is 2. The molecule has 0 spiro atoms. The predicted molar refractivity (Wildman–Crippen MR) is 142 cm³/mol. The van der Waals surface area contributed by atoms with E-state index >= 15 is 0 Å². The standard InChI is InChI=1S/C25H40N5O8P/c1-8-9-17-10-25(17,12-30-13-28-18-11-27-22(26)29-19(18)30)36-16-39(33,37-14-34-20(31)23(2,3)4)38-15-35-21(32)24(5,6)7/h11,13,17H,8-10,12,14-16H2,1-7H3,(H2,26,27,29). The maximum Gasteiger partial charge on any atom is 0.361 e. The van der Waals surface area contributed by atoms with Crippen molar-refractivity contribution < 1.29 is 37.4 Å². The van der Waals surface area contributed by atoms with E-state index in [1.54, 1.807) is 54.1 Å². The monoisotopic (exact) mass is 569 g/mol. The highest BCUT2D eigenvalue weighted by atomic mass is 31.2. The zero-order chi connectivity index (χ0) is 29.1. The van der Waals surface area contributed by atoms with Crippen molar-refractivity contribution in [3.8, 4) is 0 Å². The number of rotatable bonds is 13. The first-order chi connectivity index (χ1) is 18.1. The van der Waals surface area contributed by atoms with E-state index in [1.165, 1.54) is 0 Å². The molecule has 1 aliphatic rings. The third kappa shape index (κ3) is 8.20. The van der Waals surface area contributed by atoms with E-state index < -0.39 is 55.9 Å². The molecule has 0 amide bonds.